The average molecular weight is 383 g/mol. The third kappa shape index (κ3) is 7.57. The van der Waals surface area contributed by atoms with Gasteiger partial charge in [-0.3, -0.25) is 0 Å². The number of hydrogen-bond donors (Lipinski definition) is 1. The van der Waals surface area contributed by atoms with Crippen molar-refractivity contribution in [2.24, 2.45) is 9.98 Å². The van der Waals surface area contributed by atoms with E-state index < -0.39 is 0 Å². The summed E-state index contributed by atoms with van der Waals surface area (Å²) in [5.41, 5.74) is 6.82. The number of hydrogen-bond acceptors (Lipinski definition) is 4. The number of aliphatic imine (C=N–C) groups is 2. The summed E-state index contributed by atoms with van der Waals surface area (Å²) in [7, 11) is 1.93. The maximum Gasteiger partial charge on any atom is 0.0961 e. The fraction of sp³-hybridized carbons (Fsp3) is 0.364. The largest absolute Gasteiger partial charge is 0.326 e. The van der Waals surface area contributed by atoms with E-state index in [0.29, 0.717) is 0 Å². The van der Waals surface area contributed by atoms with E-state index in [1.807, 2.05) is 35.8 Å². The fourth-order valence-electron chi connectivity index (χ4n) is 2.60. The molecule has 0 spiro atoms. The lowest BCUT2D eigenvalue weighted by Gasteiger charge is -2.07. The zero-order valence-electron chi connectivity index (χ0n) is 17.0. The first-order valence-electron chi connectivity index (χ1n) is 9.19. The minimum absolute atomic E-state index is 0.984. The van der Waals surface area contributed by atoms with E-state index in [2.05, 4.69) is 67.3 Å². The molecule has 1 saturated heterocycles. The lowest BCUT2D eigenvalue weighted by Crippen LogP contribution is -2.12. The van der Waals surface area contributed by atoms with Gasteiger partial charge in [0.2, 0.25) is 0 Å². The highest BCUT2D eigenvalue weighted by Crippen LogP contribution is 2.20. The molecular weight excluding hydrogens is 352 g/mol. The Morgan fingerprint density at radius 2 is 1.41 bits per heavy atom. The van der Waals surface area contributed by atoms with Crippen LogP contribution in [0.15, 0.2) is 46.4 Å². The van der Waals surface area contributed by atoms with Crippen molar-refractivity contribution in [2.45, 2.75) is 27.7 Å². The third-order valence-electron chi connectivity index (χ3n) is 4.09. The van der Waals surface area contributed by atoms with Crippen LogP contribution in [-0.2, 0) is 0 Å². The zero-order valence-corrected chi connectivity index (χ0v) is 17.8. The van der Waals surface area contributed by atoms with Gasteiger partial charge in [0.1, 0.15) is 0 Å². The Kier molecular flexibility index (Phi) is 8.55. The van der Waals surface area contributed by atoms with Gasteiger partial charge in [-0.05, 0) is 51.0 Å². The van der Waals surface area contributed by atoms with E-state index in [4.69, 9.17) is 0 Å². The Balaban J connectivity index is 0.000000451. The highest BCUT2D eigenvalue weighted by molar-refractivity contribution is 7.99. The van der Waals surface area contributed by atoms with E-state index in [9.17, 15) is 0 Å². The van der Waals surface area contributed by atoms with Crippen molar-refractivity contribution >= 4 is 35.8 Å². The fourth-order valence-corrected chi connectivity index (χ4v) is 3.32. The van der Waals surface area contributed by atoms with E-state index in [1.54, 1.807) is 12.7 Å². The number of rotatable bonds is 4. The van der Waals surface area contributed by atoms with Gasteiger partial charge in [0.05, 0.1) is 24.1 Å². The predicted octanol–water partition coefficient (Wildman–Crippen LogP) is 5.15. The second-order valence-corrected chi connectivity index (χ2v) is 7.89. The Hall–Kier alpha value is -2.11. The van der Waals surface area contributed by atoms with Crippen LogP contribution in [0, 0.1) is 27.7 Å². The second-order valence-electron chi connectivity index (χ2n) is 6.79. The van der Waals surface area contributed by atoms with Crippen LogP contribution < -0.4 is 5.32 Å². The molecule has 1 aliphatic heterocycles. The van der Waals surface area contributed by atoms with Crippen molar-refractivity contribution in [1.82, 2.24) is 10.2 Å². The summed E-state index contributed by atoms with van der Waals surface area (Å²) in [5.74, 6) is 2.47. The molecule has 1 aliphatic rings. The van der Waals surface area contributed by atoms with Gasteiger partial charge >= 0.3 is 0 Å². The van der Waals surface area contributed by atoms with Crippen LogP contribution in [0.25, 0.3) is 0 Å². The lowest BCUT2D eigenvalue weighted by molar-refractivity contribution is 0.801. The lowest BCUT2D eigenvalue weighted by atomic mass is 10.1. The summed E-state index contributed by atoms with van der Waals surface area (Å²) >= 11 is 1.96. The molecule has 5 heteroatoms. The van der Waals surface area contributed by atoms with Crippen molar-refractivity contribution in [3.8, 4) is 0 Å². The van der Waals surface area contributed by atoms with Gasteiger partial charge in [0.15, 0.2) is 0 Å². The van der Waals surface area contributed by atoms with Crippen LogP contribution in [0.3, 0.4) is 0 Å². The first-order chi connectivity index (χ1) is 13.0. The maximum absolute atomic E-state index is 4.51. The molecule has 0 radical (unpaired) electrons. The van der Waals surface area contributed by atoms with Crippen LogP contribution >= 0.6 is 11.8 Å². The van der Waals surface area contributed by atoms with Crippen molar-refractivity contribution in [2.75, 3.05) is 25.2 Å². The number of benzene rings is 2. The number of aryl methyl sites for hydroxylation is 4. The first-order valence-corrected chi connectivity index (χ1v) is 10.3. The normalized spacial score (nSPS) is 13.8. The molecule has 0 atom stereocenters. The quantitative estimate of drug-likeness (QED) is 0.587. The van der Waals surface area contributed by atoms with Crippen molar-refractivity contribution in [3.63, 3.8) is 0 Å². The van der Waals surface area contributed by atoms with Crippen LogP contribution in [0.1, 0.15) is 22.3 Å². The van der Waals surface area contributed by atoms with Crippen LogP contribution in [0.2, 0.25) is 0 Å². The Labute approximate surface area is 167 Å². The average Bonchev–Trinajstić information content (AvgIpc) is 3.20. The van der Waals surface area contributed by atoms with E-state index in [-0.39, 0.29) is 0 Å². The third-order valence-corrected chi connectivity index (χ3v) is 4.99. The Bertz CT molecular complexity index is 726. The standard InChI is InChI=1S/C19H23N3.C3H7NS/c1-14-6-8-18(16(3)10-14)20-12-22(5)13-21-19-9-7-15(2)11-17(19)4;1-2-5-3-4-1/h6-13H,1-5H3;4H,1-3H2. The Morgan fingerprint density at radius 3 is 1.74 bits per heavy atom. The predicted molar refractivity (Wildman–Crippen MR) is 121 cm³/mol. The van der Waals surface area contributed by atoms with E-state index in [0.717, 1.165) is 11.4 Å². The molecule has 0 amide bonds. The molecule has 0 aromatic heterocycles. The molecule has 0 unspecified atom stereocenters. The van der Waals surface area contributed by atoms with Crippen LogP contribution in [0.5, 0.6) is 0 Å². The van der Waals surface area contributed by atoms with Crippen molar-refractivity contribution in [1.29, 1.82) is 0 Å². The molecule has 0 bridgehead atoms. The second kappa shape index (κ2) is 10.9. The van der Waals surface area contributed by atoms with Crippen LogP contribution in [0.4, 0.5) is 11.4 Å². The molecule has 144 valence electrons. The number of nitrogens with one attached hydrogen (secondary N) is 1. The smallest absolute Gasteiger partial charge is 0.0961 e. The SMILES string of the molecule is C1CSCN1.Cc1ccc(N=CN(C)C=Nc2ccc(C)cc2C)c(C)c1. The van der Waals surface area contributed by atoms with E-state index in [1.165, 1.54) is 40.4 Å². The molecule has 2 aromatic carbocycles. The monoisotopic (exact) mass is 382 g/mol. The van der Waals surface area contributed by atoms with Gasteiger partial charge in [-0.1, -0.05) is 35.4 Å². The molecule has 4 nitrogen and oxygen atoms in total. The van der Waals surface area contributed by atoms with Gasteiger partial charge in [0, 0.05) is 25.2 Å². The number of nitrogens with zero attached hydrogens (tertiary/aromatic N) is 3. The van der Waals surface area contributed by atoms with Gasteiger partial charge in [-0.2, -0.15) is 0 Å². The van der Waals surface area contributed by atoms with E-state index >= 15 is 0 Å². The summed E-state index contributed by atoms with van der Waals surface area (Å²) in [4.78, 5) is 10.9. The van der Waals surface area contributed by atoms with Gasteiger partial charge in [-0.25, -0.2) is 9.98 Å². The highest BCUT2D eigenvalue weighted by atomic mass is 32.2. The van der Waals surface area contributed by atoms with Crippen LogP contribution in [-0.4, -0.2) is 42.8 Å². The summed E-state index contributed by atoms with van der Waals surface area (Å²) in [6, 6.07) is 12.5. The Morgan fingerprint density at radius 1 is 0.889 bits per heavy atom. The number of thioether (sulfide) groups is 1. The molecule has 1 heterocycles. The topological polar surface area (TPSA) is 40.0 Å². The van der Waals surface area contributed by atoms with Gasteiger partial charge in [0.25, 0.3) is 0 Å². The van der Waals surface area contributed by atoms with Crippen molar-refractivity contribution < 1.29 is 0 Å². The summed E-state index contributed by atoms with van der Waals surface area (Å²) in [6.07, 6.45) is 3.56. The molecule has 0 aliphatic carbocycles. The molecule has 1 fully saturated rings. The van der Waals surface area contributed by atoms with Gasteiger partial charge < -0.3 is 10.2 Å². The molecular formula is C22H30N4S. The minimum Gasteiger partial charge on any atom is -0.326 e. The first kappa shape index (κ1) is 21.2. The van der Waals surface area contributed by atoms with Crippen molar-refractivity contribution in [3.05, 3.63) is 58.7 Å². The summed E-state index contributed by atoms with van der Waals surface area (Å²) < 4.78 is 0. The molecule has 1 N–H and O–H groups in total. The molecule has 0 saturated carbocycles. The summed E-state index contributed by atoms with van der Waals surface area (Å²) in [6.45, 7) is 9.53. The maximum atomic E-state index is 4.51. The zero-order chi connectivity index (χ0) is 19.6. The molecule has 2 aromatic rings. The molecule has 3 rings (SSSR count). The summed E-state index contributed by atoms with van der Waals surface area (Å²) in [5, 5.41) is 3.19. The highest BCUT2D eigenvalue weighted by Gasteiger charge is 1.97. The molecule has 27 heavy (non-hydrogen) atoms. The van der Waals surface area contributed by atoms with Gasteiger partial charge in [-0.15, -0.1) is 11.8 Å². The minimum atomic E-state index is 0.984.